The summed E-state index contributed by atoms with van der Waals surface area (Å²) in [5.41, 5.74) is 3.71. The molecule has 0 aromatic heterocycles. The Morgan fingerprint density at radius 2 is 0.842 bits per heavy atom. The Balaban J connectivity index is 2.64. The molecule has 0 bridgehead atoms. The van der Waals surface area contributed by atoms with Gasteiger partial charge in [-0.3, -0.25) is 0 Å². The molecule has 0 unspecified atom stereocenters. The second-order valence-electron chi connectivity index (χ2n) is 12.9. The van der Waals surface area contributed by atoms with Crippen molar-refractivity contribution in [2.45, 2.75) is 154 Å². The van der Waals surface area contributed by atoms with Gasteiger partial charge in [-0.15, -0.1) is 0 Å². The number of rotatable bonds is 22. The summed E-state index contributed by atoms with van der Waals surface area (Å²) in [6.45, 7) is 14.6. The third-order valence-electron chi connectivity index (χ3n) is 9.62. The molecule has 0 N–H and O–H groups in total. The van der Waals surface area contributed by atoms with Gasteiger partial charge in [-0.2, -0.15) is 0 Å². The Kier molecular flexibility index (Phi) is 17.6. The average Bonchev–Trinajstić information content (AvgIpc) is 2.95. The van der Waals surface area contributed by atoms with Crippen LogP contribution in [-0.4, -0.2) is 36.8 Å². The zero-order valence-electron chi connectivity index (χ0n) is 26.6. The van der Waals surface area contributed by atoms with Crippen molar-refractivity contribution in [2.24, 2.45) is 0 Å². The molecule has 2 aromatic rings. The van der Waals surface area contributed by atoms with E-state index in [1.165, 1.54) is 91.3 Å². The van der Waals surface area contributed by atoms with Crippen LogP contribution in [0.15, 0.2) is 36.4 Å². The molecule has 0 spiro atoms. The molecule has 0 aliphatic heterocycles. The van der Waals surface area contributed by atoms with Gasteiger partial charge in [0.25, 0.3) is 0 Å². The van der Waals surface area contributed by atoms with E-state index < -0.39 is 36.8 Å². The number of hydrogen-bond acceptors (Lipinski definition) is 0. The van der Waals surface area contributed by atoms with Crippen molar-refractivity contribution in [1.29, 1.82) is 0 Å². The number of benzene rings is 2. The normalized spacial score (nSPS) is 12.5. The molecule has 0 saturated carbocycles. The summed E-state index contributed by atoms with van der Waals surface area (Å²) in [5.74, 6) is 0. The van der Waals surface area contributed by atoms with Crippen molar-refractivity contribution in [3.8, 4) is 0 Å². The minimum atomic E-state index is -2.33. The van der Waals surface area contributed by atoms with E-state index in [4.69, 9.17) is 0 Å². The zero-order valence-corrected chi connectivity index (χ0v) is 32.3. The fourth-order valence-corrected chi connectivity index (χ4v) is 39.9. The van der Waals surface area contributed by atoms with E-state index in [1.807, 2.05) is 11.1 Å². The van der Waals surface area contributed by atoms with Crippen LogP contribution in [0.25, 0.3) is 10.8 Å². The molecule has 0 nitrogen and oxygen atoms in total. The Bertz CT molecular complexity index is 842. The molecule has 2 aromatic carbocycles. The molecule has 0 atom stereocenters. The second-order valence-corrected chi connectivity index (χ2v) is 40.6. The Morgan fingerprint density at radius 3 is 1.26 bits per heavy atom. The summed E-state index contributed by atoms with van der Waals surface area (Å²) >= 11 is -4.62. The van der Waals surface area contributed by atoms with Crippen LogP contribution in [0, 0.1) is 0 Å². The fraction of sp³-hybridized carbons (Fsp3) is 0.722. The van der Waals surface area contributed by atoms with Crippen molar-refractivity contribution in [2.75, 3.05) is 0 Å². The summed E-state index contributed by atoms with van der Waals surface area (Å²) in [7, 11) is 0. The first kappa shape index (κ1) is 34.5. The molecule has 2 heteroatoms. The molecule has 0 fully saturated rings. The van der Waals surface area contributed by atoms with Gasteiger partial charge in [-0.25, -0.2) is 0 Å². The van der Waals surface area contributed by atoms with E-state index in [0.717, 1.165) is 0 Å². The van der Waals surface area contributed by atoms with E-state index in [1.54, 1.807) is 32.0 Å². The molecular weight excluding hydrogens is 670 g/mol. The van der Waals surface area contributed by atoms with Gasteiger partial charge in [0.2, 0.25) is 0 Å². The van der Waals surface area contributed by atoms with Gasteiger partial charge in [-0.1, -0.05) is 0 Å². The van der Waals surface area contributed by atoms with Gasteiger partial charge in [0.15, 0.2) is 0 Å². The molecule has 38 heavy (non-hydrogen) atoms. The summed E-state index contributed by atoms with van der Waals surface area (Å²) < 4.78 is 12.8. The topological polar surface area (TPSA) is 0 Å². The van der Waals surface area contributed by atoms with Crippen molar-refractivity contribution < 1.29 is 0 Å². The van der Waals surface area contributed by atoms with Crippen LogP contribution >= 0.6 is 0 Å². The maximum absolute atomic E-state index is 2.66. The van der Waals surface area contributed by atoms with Gasteiger partial charge in [0, 0.05) is 0 Å². The van der Waals surface area contributed by atoms with Crippen LogP contribution < -0.4 is 0 Å². The van der Waals surface area contributed by atoms with Crippen LogP contribution in [0.1, 0.15) is 130 Å². The first-order valence-corrected chi connectivity index (χ1v) is 33.2. The summed E-state index contributed by atoms with van der Waals surface area (Å²) in [6.07, 6.45) is 17.2. The summed E-state index contributed by atoms with van der Waals surface area (Å²) in [5, 5.41) is 3.14. The Hall–Kier alpha value is 0.297. The molecule has 0 aliphatic carbocycles. The standard InChI is InChI=1S/C12H10.6C4H9.2Sn/c1-9-7-8-11-5-3-4-6-12(11)10(9)2;6*1-3-4-2;;/h3-8H,1-2H2;6*1,3-4H2,2H3;;. The fourth-order valence-electron chi connectivity index (χ4n) is 7.13. The average molecular weight is 734 g/mol. The third kappa shape index (κ3) is 10.9. The molecule has 0 amide bonds. The van der Waals surface area contributed by atoms with Gasteiger partial charge >= 0.3 is 249 Å². The van der Waals surface area contributed by atoms with Gasteiger partial charge in [-0.05, 0) is 0 Å². The predicted molar refractivity (Wildman–Crippen MR) is 181 cm³/mol. The SMILES string of the molecule is CCC[CH2][Sn]([CH2]CCC)([CH2]CCC)[CH2]c1ccc2ccccc2c1[CH2][Sn]([CH2]CCC)([CH2]CCC)[CH2]CCC. The van der Waals surface area contributed by atoms with Gasteiger partial charge in [0.1, 0.15) is 0 Å². The molecule has 0 aliphatic rings. The monoisotopic (exact) mass is 736 g/mol. The van der Waals surface area contributed by atoms with E-state index in [0.29, 0.717) is 0 Å². The maximum atomic E-state index is 2.66. The number of unbranched alkanes of at least 4 members (excludes halogenated alkanes) is 6. The van der Waals surface area contributed by atoms with Crippen LogP contribution in [0.2, 0.25) is 26.6 Å². The van der Waals surface area contributed by atoms with Crippen molar-refractivity contribution in [3.05, 3.63) is 47.5 Å². The molecule has 0 heterocycles. The quantitative estimate of drug-likeness (QED) is 0.106. The van der Waals surface area contributed by atoms with E-state index >= 15 is 0 Å². The van der Waals surface area contributed by atoms with Crippen LogP contribution in [-0.2, 0) is 8.87 Å². The predicted octanol–water partition coefficient (Wildman–Crippen LogP) is 12.7. The first-order valence-electron chi connectivity index (χ1n) is 17.0. The van der Waals surface area contributed by atoms with Gasteiger partial charge < -0.3 is 0 Å². The molecule has 216 valence electrons. The molecule has 0 saturated heterocycles. The first-order chi connectivity index (χ1) is 18.5. The molecule has 0 radical (unpaired) electrons. The van der Waals surface area contributed by atoms with Crippen LogP contribution in [0.5, 0.6) is 0 Å². The van der Waals surface area contributed by atoms with Gasteiger partial charge in [0.05, 0.1) is 0 Å². The van der Waals surface area contributed by atoms with Crippen molar-refractivity contribution in [1.82, 2.24) is 0 Å². The molecular formula is C36H64Sn2. The summed E-state index contributed by atoms with van der Waals surface area (Å²) in [6, 6.07) is 14.7. The summed E-state index contributed by atoms with van der Waals surface area (Å²) in [4.78, 5) is 0. The van der Waals surface area contributed by atoms with E-state index in [9.17, 15) is 0 Å². The Morgan fingerprint density at radius 1 is 0.447 bits per heavy atom. The van der Waals surface area contributed by atoms with E-state index in [-0.39, 0.29) is 0 Å². The third-order valence-corrected chi connectivity index (χ3v) is 40.2. The number of hydrogen-bond donors (Lipinski definition) is 0. The second kappa shape index (κ2) is 19.4. The number of fused-ring (bicyclic) bond motifs is 1. The van der Waals surface area contributed by atoms with Crippen molar-refractivity contribution in [3.63, 3.8) is 0 Å². The van der Waals surface area contributed by atoms with Crippen LogP contribution in [0.4, 0.5) is 0 Å². The minimum absolute atomic E-state index is 1.38. The molecule has 2 rings (SSSR count). The van der Waals surface area contributed by atoms with Crippen LogP contribution in [0.3, 0.4) is 0 Å². The van der Waals surface area contributed by atoms with E-state index in [2.05, 4.69) is 77.9 Å². The zero-order chi connectivity index (χ0) is 27.7. The Labute approximate surface area is 247 Å². The van der Waals surface area contributed by atoms with Crippen molar-refractivity contribution >= 4 is 47.5 Å².